The van der Waals surface area contributed by atoms with E-state index in [9.17, 15) is 4.79 Å². The van der Waals surface area contributed by atoms with Gasteiger partial charge in [-0.2, -0.15) is 0 Å². The lowest BCUT2D eigenvalue weighted by Gasteiger charge is -2.24. The SMILES string of the molecule is CC(C)=CC(=O)OC(C(C)C)C(C)C. The molecule has 0 fully saturated rings. The summed E-state index contributed by atoms with van der Waals surface area (Å²) >= 11 is 0. The highest BCUT2D eigenvalue weighted by molar-refractivity contribution is 5.82. The summed E-state index contributed by atoms with van der Waals surface area (Å²) in [6.45, 7) is 12.1. The van der Waals surface area contributed by atoms with Crippen LogP contribution in [0.5, 0.6) is 0 Å². The van der Waals surface area contributed by atoms with Crippen molar-refractivity contribution in [1.29, 1.82) is 0 Å². The minimum absolute atomic E-state index is 0.0121. The Morgan fingerprint density at radius 2 is 1.50 bits per heavy atom. The molecule has 0 N–H and O–H groups in total. The molecule has 2 heteroatoms. The largest absolute Gasteiger partial charge is 0.459 e. The molecule has 0 aliphatic heterocycles. The smallest absolute Gasteiger partial charge is 0.330 e. The van der Waals surface area contributed by atoms with Gasteiger partial charge in [0.15, 0.2) is 0 Å². The third-order valence-electron chi connectivity index (χ3n) is 1.97. The van der Waals surface area contributed by atoms with E-state index in [1.165, 1.54) is 6.08 Å². The first-order valence-corrected chi connectivity index (χ1v) is 5.20. The summed E-state index contributed by atoms with van der Waals surface area (Å²) in [5, 5.41) is 0. The van der Waals surface area contributed by atoms with Crippen molar-refractivity contribution < 1.29 is 9.53 Å². The number of carbonyl (C=O) groups excluding carboxylic acids is 1. The average Bonchev–Trinajstić information content (AvgIpc) is 1.97. The van der Waals surface area contributed by atoms with Gasteiger partial charge in [-0.05, 0) is 25.7 Å². The maximum absolute atomic E-state index is 11.4. The lowest BCUT2D eigenvalue weighted by molar-refractivity contribution is -0.147. The van der Waals surface area contributed by atoms with Crippen molar-refractivity contribution in [2.24, 2.45) is 11.8 Å². The highest BCUT2D eigenvalue weighted by Gasteiger charge is 2.20. The molecule has 0 rings (SSSR count). The summed E-state index contributed by atoms with van der Waals surface area (Å²) < 4.78 is 5.37. The predicted octanol–water partition coefficient (Wildman–Crippen LogP) is 3.18. The number of hydrogen-bond donors (Lipinski definition) is 0. The molecule has 0 heterocycles. The van der Waals surface area contributed by atoms with E-state index in [2.05, 4.69) is 27.7 Å². The van der Waals surface area contributed by atoms with Crippen molar-refractivity contribution in [2.45, 2.75) is 47.6 Å². The molecule has 0 aliphatic carbocycles. The van der Waals surface area contributed by atoms with Crippen LogP contribution in [0.25, 0.3) is 0 Å². The zero-order valence-corrected chi connectivity index (χ0v) is 10.1. The third kappa shape index (κ3) is 5.05. The van der Waals surface area contributed by atoms with E-state index in [-0.39, 0.29) is 12.1 Å². The van der Waals surface area contributed by atoms with Crippen LogP contribution in [0.4, 0.5) is 0 Å². The molecule has 0 bridgehead atoms. The number of allylic oxidation sites excluding steroid dienone is 1. The number of ether oxygens (including phenoxy) is 1. The molecule has 0 unspecified atom stereocenters. The molecule has 0 aromatic rings. The Morgan fingerprint density at radius 1 is 1.07 bits per heavy atom. The Balaban J connectivity index is 4.32. The molecule has 0 aromatic carbocycles. The second-order valence-electron chi connectivity index (χ2n) is 4.61. The number of carbonyl (C=O) groups is 1. The van der Waals surface area contributed by atoms with Crippen LogP contribution in [0, 0.1) is 11.8 Å². The number of rotatable bonds is 4. The molecule has 0 amide bonds. The van der Waals surface area contributed by atoms with Crippen molar-refractivity contribution >= 4 is 5.97 Å². The fourth-order valence-corrected chi connectivity index (χ4v) is 1.45. The summed E-state index contributed by atoms with van der Waals surface area (Å²) in [5.74, 6) is 0.506. The molecule has 0 radical (unpaired) electrons. The van der Waals surface area contributed by atoms with Crippen LogP contribution in [0.1, 0.15) is 41.5 Å². The van der Waals surface area contributed by atoms with Crippen molar-refractivity contribution in [3.05, 3.63) is 11.6 Å². The Morgan fingerprint density at radius 3 is 1.79 bits per heavy atom. The molecular formula is C12H22O2. The van der Waals surface area contributed by atoms with Gasteiger partial charge in [0.25, 0.3) is 0 Å². The van der Waals surface area contributed by atoms with Crippen LogP contribution < -0.4 is 0 Å². The molecule has 14 heavy (non-hydrogen) atoms. The highest BCUT2D eigenvalue weighted by atomic mass is 16.5. The van der Waals surface area contributed by atoms with E-state index >= 15 is 0 Å². The van der Waals surface area contributed by atoms with Gasteiger partial charge in [-0.15, -0.1) is 0 Å². The topological polar surface area (TPSA) is 26.3 Å². The molecule has 0 spiro atoms. The normalized spacial score (nSPS) is 10.9. The summed E-state index contributed by atoms with van der Waals surface area (Å²) in [6, 6.07) is 0. The second kappa shape index (κ2) is 5.84. The minimum atomic E-state index is -0.225. The van der Waals surface area contributed by atoms with Crippen LogP contribution in [-0.2, 0) is 9.53 Å². The minimum Gasteiger partial charge on any atom is -0.459 e. The van der Waals surface area contributed by atoms with Crippen LogP contribution in [0.3, 0.4) is 0 Å². The fourth-order valence-electron chi connectivity index (χ4n) is 1.45. The van der Waals surface area contributed by atoms with Crippen LogP contribution in [0.2, 0.25) is 0 Å². The van der Waals surface area contributed by atoms with Gasteiger partial charge in [0.2, 0.25) is 0 Å². The third-order valence-corrected chi connectivity index (χ3v) is 1.97. The van der Waals surface area contributed by atoms with Crippen LogP contribution in [0.15, 0.2) is 11.6 Å². The van der Waals surface area contributed by atoms with Gasteiger partial charge in [-0.1, -0.05) is 33.3 Å². The van der Waals surface area contributed by atoms with Crippen molar-refractivity contribution in [3.63, 3.8) is 0 Å². The average molecular weight is 198 g/mol. The lowest BCUT2D eigenvalue weighted by atomic mass is 9.96. The maximum atomic E-state index is 11.4. The standard InChI is InChI=1S/C12H22O2/c1-8(2)7-11(13)14-12(9(3)4)10(5)6/h7,9-10,12H,1-6H3. The monoisotopic (exact) mass is 198 g/mol. The number of esters is 1. The summed E-state index contributed by atoms with van der Waals surface area (Å²) in [6.07, 6.45) is 1.55. The van der Waals surface area contributed by atoms with E-state index in [0.717, 1.165) is 5.57 Å². The van der Waals surface area contributed by atoms with Gasteiger partial charge in [0.05, 0.1) is 0 Å². The van der Waals surface area contributed by atoms with E-state index < -0.39 is 0 Å². The zero-order valence-electron chi connectivity index (χ0n) is 10.1. The molecule has 0 saturated carbocycles. The Labute approximate surface area is 87.3 Å². The van der Waals surface area contributed by atoms with E-state index in [4.69, 9.17) is 4.74 Å². The van der Waals surface area contributed by atoms with Crippen molar-refractivity contribution in [2.75, 3.05) is 0 Å². The molecule has 0 atom stereocenters. The van der Waals surface area contributed by atoms with E-state index in [1.807, 2.05) is 13.8 Å². The van der Waals surface area contributed by atoms with Gasteiger partial charge < -0.3 is 4.74 Å². The van der Waals surface area contributed by atoms with Gasteiger partial charge in [-0.3, -0.25) is 0 Å². The summed E-state index contributed by atoms with van der Waals surface area (Å²) in [5.41, 5.74) is 0.973. The molecule has 0 saturated heterocycles. The first kappa shape index (κ1) is 13.2. The predicted molar refractivity (Wildman–Crippen MR) is 59.0 cm³/mol. The van der Waals surface area contributed by atoms with E-state index in [1.54, 1.807) is 0 Å². The van der Waals surface area contributed by atoms with Crippen molar-refractivity contribution in [1.82, 2.24) is 0 Å². The van der Waals surface area contributed by atoms with Gasteiger partial charge >= 0.3 is 5.97 Å². The fraction of sp³-hybridized carbons (Fsp3) is 0.750. The first-order chi connectivity index (χ1) is 6.34. The molecular weight excluding hydrogens is 176 g/mol. The summed E-state index contributed by atoms with van der Waals surface area (Å²) in [7, 11) is 0. The first-order valence-electron chi connectivity index (χ1n) is 5.20. The molecule has 82 valence electrons. The van der Waals surface area contributed by atoms with Gasteiger partial charge in [0, 0.05) is 6.08 Å². The van der Waals surface area contributed by atoms with E-state index in [0.29, 0.717) is 11.8 Å². The molecule has 0 aromatic heterocycles. The quantitative estimate of drug-likeness (QED) is 0.512. The maximum Gasteiger partial charge on any atom is 0.330 e. The van der Waals surface area contributed by atoms with Crippen LogP contribution >= 0.6 is 0 Å². The number of hydrogen-bond acceptors (Lipinski definition) is 2. The Bertz CT molecular complexity index is 202. The lowest BCUT2D eigenvalue weighted by Crippen LogP contribution is -2.28. The summed E-state index contributed by atoms with van der Waals surface area (Å²) in [4.78, 5) is 11.4. The highest BCUT2D eigenvalue weighted by Crippen LogP contribution is 2.16. The second-order valence-corrected chi connectivity index (χ2v) is 4.61. The van der Waals surface area contributed by atoms with Crippen molar-refractivity contribution in [3.8, 4) is 0 Å². The van der Waals surface area contributed by atoms with Gasteiger partial charge in [-0.25, -0.2) is 4.79 Å². The molecule has 0 aliphatic rings. The molecule has 2 nitrogen and oxygen atoms in total. The zero-order chi connectivity index (χ0) is 11.3. The van der Waals surface area contributed by atoms with Crippen LogP contribution in [-0.4, -0.2) is 12.1 Å². The van der Waals surface area contributed by atoms with Gasteiger partial charge in [0.1, 0.15) is 6.10 Å². The Hall–Kier alpha value is -0.790. The Kier molecular flexibility index (Phi) is 5.51.